The summed E-state index contributed by atoms with van der Waals surface area (Å²) in [5.41, 5.74) is 0.602. The molecular formula is C17H13Cl2FN2O2. The summed E-state index contributed by atoms with van der Waals surface area (Å²) in [4.78, 5) is 25.8. The number of hydrogen-bond acceptors (Lipinski definition) is 2. The van der Waals surface area contributed by atoms with Crippen molar-refractivity contribution in [3.05, 3.63) is 58.3 Å². The molecule has 0 bridgehead atoms. The molecule has 0 unspecified atom stereocenters. The monoisotopic (exact) mass is 366 g/mol. The lowest BCUT2D eigenvalue weighted by Gasteiger charge is -2.17. The second-order valence-electron chi connectivity index (χ2n) is 5.47. The molecule has 24 heavy (non-hydrogen) atoms. The maximum Gasteiger partial charge on any atom is 0.229 e. The molecule has 1 heterocycles. The summed E-state index contributed by atoms with van der Waals surface area (Å²) in [6, 6.07) is 10.7. The first-order chi connectivity index (χ1) is 11.5. The number of benzene rings is 2. The summed E-state index contributed by atoms with van der Waals surface area (Å²) < 4.78 is 13.9. The van der Waals surface area contributed by atoms with Crippen LogP contribution in [0, 0.1) is 11.7 Å². The summed E-state index contributed by atoms with van der Waals surface area (Å²) in [6.07, 6.45) is 0.0192. The van der Waals surface area contributed by atoms with Crippen molar-refractivity contribution in [3.63, 3.8) is 0 Å². The van der Waals surface area contributed by atoms with E-state index >= 15 is 0 Å². The van der Waals surface area contributed by atoms with Gasteiger partial charge in [-0.1, -0.05) is 35.3 Å². The van der Waals surface area contributed by atoms with Crippen molar-refractivity contribution in [1.29, 1.82) is 0 Å². The summed E-state index contributed by atoms with van der Waals surface area (Å²) in [6.45, 7) is 0.122. The van der Waals surface area contributed by atoms with E-state index in [-0.39, 0.29) is 30.5 Å². The average Bonchev–Trinajstić information content (AvgIpc) is 2.92. The van der Waals surface area contributed by atoms with E-state index in [1.165, 1.54) is 23.1 Å². The second kappa shape index (κ2) is 6.79. The number of hydrogen-bond donors (Lipinski definition) is 1. The molecule has 0 saturated carbocycles. The Kier molecular flexibility index (Phi) is 4.73. The van der Waals surface area contributed by atoms with E-state index in [2.05, 4.69) is 5.32 Å². The van der Waals surface area contributed by atoms with Crippen LogP contribution in [0.1, 0.15) is 6.42 Å². The fourth-order valence-corrected chi connectivity index (χ4v) is 3.07. The lowest BCUT2D eigenvalue weighted by atomic mass is 10.1. The van der Waals surface area contributed by atoms with Crippen LogP contribution in [0.4, 0.5) is 15.8 Å². The first-order valence-electron chi connectivity index (χ1n) is 7.26. The molecule has 1 fully saturated rings. The van der Waals surface area contributed by atoms with E-state index in [9.17, 15) is 14.0 Å². The van der Waals surface area contributed by atoms with Crippen LogP contribution in [-0.4, -0.2) is 18.4 Å². The van der Waals surface area contributed by atoms with Gasteiger partial charge in [0.05, 0.1) is 22.3 Å². The van der Waals surface area contributed by atoms with E-state index in [1.807, 2.05) is 0 Å². The van der Waals surface area contributed by atoms with Crippen molar-refractivity contribution in [2.75, 3.05) is 16.8 Å². The van der Waals surface area contributed by atoms with Gasteiger partial charge in [0, 0.05) is 18.0 Å². The lowest BCUT2D eigenvalue weighted by Crippen LogP contribution is -2.28. The Bertz CT molecular complexity index is 813. The zero-order valence-corrected chi connectivity index (χ0v) is 13.9. The van der Waals surface area contributed by atoms with Gasteiger partial charge in [-0.25, -0.2) is 4.39 Å². The zero-order chi connectivity index (χ0) is 17.3. The Balaban J connectivity index is 1.73. The highest BCUT2D eigenvalue weighted by Gasteiger charge is 2.36. The Morgan fingerprint density at radius 1 is 1.21 bits per heavy atom. The number of amides is 2. The minimum Gasteiger partial charge on any atom is -0.324 e. The van der Waals surface area contributed by atoms with E-state index in [0.717, 1.165) is 0 Å². The number of nitrogens with zero attached hydrogens (tertiary/aromatic N) is 1. The van der Waals surface area contributed by atoms with E-state index in [4.69, 9.17) is 23.2 Å². The molecule has 0 radical (unpaired) electrons. The molecule has 1 aliphatic heterocycles. The van der Waals surface area contributed by atoms with Gasteiger partial charge in [0.25, 0.3) is 0 Å². The summed E-state index contributed by atoms with van der Waals surface area (Å²) in [5, 5.41) is 3.45. The van der Waals surface area contributed by atoms with Gasteiger partial charge in [-0.05, 0) is 30.3 Å². The van der Waals surface area contributed by atoms with E-state index < -0.39 is 11.7 Å². The highest BCUT2D eigenvalue weighted by Crippen LogP contribution is 2.30. The van der Waals surface area contributed by atoms with Gasteiger partial charge < -0.3 is 10.2 Å². The molecule has 7 heteroatoms. The Hall–Kier alpha value is -2.11. The number of carbonyl (C=O) groups is 2. The van der Waals surface area contributed by atoms with Crippen LogP contribution < -0.4 is 10.2 Å². The largest absolute Gasteiger partial charge is 0.324 e. The third kappa shape index (κ3) is 3.37. The molecule has 1 saturated heterocycles. The quantitative estimate of drug-likeness (QED) is 0.887. The van der Waals surface area contributed by atoms with Crippen LogP contribution in [0.3, 0.4) is 0 Å². The maximum atomic E-state index is 13.9. The zero-order valence-electron chi connectivity index (χ0n) is 12.4. The molecule has 0 aliphatic carbocycles. The topological polar surface area (TPSA) is 49.4 Å². The molecule has 2 aromatic carbocycles. The van der Waals surface area contributed by atoms with Crippen LogP contribution in [0.5, 0.6) is 0 Å². The number of para-hydroxylation sites is 1. The first-order valence-corrected chi connectivity index (χ1v) is 8.02. The molecule has 1 atom stereocenters. The van der Waals surface area contributed by atoms with Crippen molar-refractivity contribution >= 4 is 46.4 Å². The van der Waals surface area contributed by atoms with Crippen LogP contribution in [0.2, 0.25) is 10.0 Å². The molecule has 3 rings (SSSR count). The predicted molar refractivity (Wildman–Crippen MR) is 92.0 cm³/mol. The Morgan fingerprint density at radius 3 is 2.67 bits per heavy atom. The number of nitrogens with one attached hydrogen (secondary N) is 1. The van der Waals surface area contributed by atoms with Crippen molar-refractivity contribution in [1.82, 2.24) is 0 Å². The molecule has 2 aromatic rings. The Morgan fingerprint density at radius 2 is 1.96 bits per heavy atom. The third-order valence-corrected chi connectivity index (χ3v) is 4.38. The van der Waals surface area contributed by atoms with E-state index in [1.54, 1.807) is 24.3 Å². The first kappa shape index (κ1) is 16.7. The van der Waals surface area contributed by atoms with Gasteiger partial charge >= 0.3 is 0 Å². The number of carbonyl (C=O) groups excluding carboxylic acids is 2. The van der Waals surface area contributed by atoms with Crippen LogP contribution in [-0.2, 0) is 9.59 Å². The molecule has 124 valence electrons. The van der Waals surface area contributed by atoms with Crippen LogP contribution >= 0.6 is 23.2 Å². The van der Waals surface area contributed by atoms with Gasteiger partial charge in [-0.2, -0.15) is 0 Å². The molecule has 0 aromatic heterocycles. The van der Waals surface area contributed by atoms with Crippen molar-refractivity contribution in [2.45, 2.75) is 6.42 Å². The molecule has 1 aliphatic rings. The number of rotatable bonds is 3. The molecule has 1 N–H and O–H groups in total. The summed E-state index contributed by atoms with van der Waals surface area (Å²) in [7, 11) is 0. The number of anilines is 2. The fourth-order valence-electron chi connectivity index (χ4n) is 2.61. The van der Waals surface area contributed by atoms with E-state index in [0.29, 0.717) is 15.7 Å². The summed E-state index contributed by atoms with van der Waals surface area (Å²) >= 11 is 11.8. The summed E-state index contributed by atoms with van der Waals surface area (Å²) in [5.74, 6) is -1.70. The highest BCUT2D eigenvalue weighted by atomic mass is 35.5. The van der Waals surface area contributed by atoms with Crippen LogP contribution in [0.25, 0.3) is 0 Å². The molecule has 2 amide bonds. The van der Waals surface area contributed by atoms with Crippen molar-refractivity contribution < 1.29 is 14.0 Å². The SMILES string of the molecule is O=C(Nc1ccc(Cl)cc1Cl)[C@H]1CC(=O)N(c2ccccc2F)C1. The van der Waals surface area contributed by atoms with Crippen molar-refractivity contribution in [3.8, 4) is 0 Å². The van der Waals surface area contributed by atoms with Gasteiger partial charge in [-0.3, -0.25) is 9.59 Å². The smallest absolute Gasteiger partial charge is 0.229 e. The van der Waals surface area contributed by atoms with Gasteiger partial charge in [0.1, 0.15) is 5.82 Å². The van der Waals surface area contributed by atoms with Gasteiger partial charge in [-0.15, -0.1) is 0 Å². The second-order valence-corrected chi connectivity index (χ2v) is 6.31. The van der Waals surface area contributed by atoms with Gasteiger partial charge in [0.2, 0.25) is 11.8 Å². The number of halogens is 3. The van der Waals surface area contributed by atoms with Crippen LogP contribution in [0.15, 0.2) is 42.5 Å². The minimum absolute atomic E-state index is 0.0192. The molecular weight excluding hydrogens is 354 g/mol. The van der Waals surface area contributed by atoms with Gasteiger partial charge in [0.15, 0.2) is 0 Å². The minimum atomic E-state index is -0.580. The maximum absolute atomic E-state index is 13.9. The third-order valence-electron chi connectivity index (χ3n) is 3.83. The highest BCUT2D eigenvalue weighted by molar-refractivity contribution is 6.36. The van der Waals surface area contributed by atoms with Crippen molar-refractivity contribution in [2.24, 2.45) is 5.92 Å². The normalized spacial score (nSPS) is 17.2. The molecule has 4 nitrogen and oxygen atoms in total. The predicted octanol–water partition coefficient (Wildman–Crippen LogP) is 4.12. The average molecular weight is 367 g/mol. The standard InChI is InChI=1S/C17H13Cl2FN2O2/c18-11-5-6-14(12(19)8-11)21-17(24)10-7-16(23)22(9-10)15-4-2-1-3-13(15)20/h1-6,8,10H,7,9H2,(H,21,24)/t10-/m0/s1. The molecule has 0 spiro atoms. The Labute approximate surface area is 148 Å². The lowest BCUT2D eigenvalue weighted by molar-refractivity contribution is -0.122. The fraction of sp³-hybridized carbons (Fsp3) is 0.176.